The van der Waals surface area contributed by atoms with Crippen LogP contribution in [0.3, 0.4) is 0 Å². The van der Waals surface area contributed by atoms with Crippen molar-refractivity contribution in [1.82, 2.24) is 4.90 Å². The zero-order chi connectivity index (χ0) is 12.8. The van der Waals surface area contributed by atoms with Crippen molar-refractivity contribution in [2.45, 2.75) is 51.0 Å². The van der Waals surface area contributed by atoms with Crippen molar-refractivity contribution in [2.24, 2.45) is 17.6 Å². The van der Waals surface area contributed by atoms with Crippen molar-refractivity contribution < 1.29 is 4.74 Å². The molecule has 3 heteroatoms. The van der Waals surface area contributed by atoms with Gasteiger partial charge in [0.15, 0.2) is 0 Å². The molecule has 0 bridgehead atoms. The molecule has 3 nitrogen and oxygen atoms in total. The van der Waals surface area contributed by atoms with Gasteiger partial charge in [0.25, 0.3) is 0 Å². The second-order valence-electron chi connectivity index (χ2n) is 6.23. The molecule has 2 fully saturated rings. The van der Waals surface area contributed by atoms with Gasteiger partial charge >= 0.3 is 0 Å². The third-order valence-corrected chi connectivity index (χ3v) is 4.84. The summed E-state index contributed by atoms with van der Waals surface area (Å²) < 4.78 is 5.28. The molecule has 1 heterocycles. The Balaban J connectivity index is 1.77. The van der Waals surface area contributed by atoms with Gasteiger partial charge in [-0.1, -0.05) is 32.1 Å². The number of rotatable bonds is 6. The summed E-state index contributed by atoms with van der Waals surface area (Å²) in [7, 11) is 1.81. The average Bonchev–Trinajstić information content (AvgIpc) is 2.86. The van der Waals surface area contributed by atoms with Crippen molar-refractivity contribution in [3.63, 3.8) is 0 Å². The highest BCUT2D eigenvalue weighted by Crippen LogP contribution is 2.30. The molecule has 0 aromatic rings. The van der Waals surface area contributed by atoms with Gasteiger partial charge in [-0.3, -0.25) is 4.90 Å². The molecule has 2 aliphatic rings. The molecule has 2 unspecified atom stereocenters. The molecule has 1 aliphatic carbocycles. The second kappa shape index (κ2) is 7.46. The Morgan fingerprint density at radius 2 is 1.94 bits per heavy atom. The van der Waals surface area contributed by atoms with E-state index < -0.39 is 0 Å². The highest BCUT2D eigenvalue weighted by Gasteiger charge is 2.29. The minimum atomic E-state index is 0.620. The first-order valence-corrected chi connectivity index (χ1v) is 7.76. The Kier molecular flexibility index (Phi) is 5.93. The number of nitrogens with two attached hydrogens (primary N) is 1. The van der Waals surface area contributed by atoms with Crippen LogP contribution in [0.15, 0.2) is 0 Å². The molecule has 0 radical (unpaired) electrons. The van der Waals surface area contributed by atoms with Crippen LogP contribution in [-0.2, 0) is 4.74 Å². The topological polar surface area (TPSA) is 38.5 Å². The average molecular weight is 254 g/mol. The minimum Gasteiger partial charge on any atom is -0.384 e. The van der Waals surface area contributed by atoms with Crippen molar-refractivity contribution in [3.8, 4) is 0 Å². The fourth-order valence-corrected chi connectivity index (χ4v) is 3.77. The number of hydrogen-bond acceptors (Lipinski definition) is 3. The SMILES string of the molecule is COCC1CCN(C(CN)CC2CCCCC2)C1. The molecule has 2 atom stereocenters. The van der Waals surface area contributed by atoms with Gasteiger partial charge in [0.1, 0.15) is 0 Å². The molecular formula is C15H30N2O. The van der Waals surface area contributed by atoms with E-state index in [2.05, 4.69) is 4.90 Å². The van der Waals surface area contributed by atoms with Gasteiger partial charge < -0.3 is 10.5 Å². The van der Waals surface area contributed by atoms with Gasteiger partial charge in [-0.15, -0.1) is 0 Å². The minimum absolute atomic E-state index is 0.620. The van der Waals surface area contributed by atoms with Gasteiger partial charge in [0.2, 0.25) is 0 Å². The Labute approximate surface area is 112 Å². The first-order valence-electron chi connectivity index (χ1n) is 7.76. The maximum Gasteiger partial charge on any atom is 0.0503 e. The summed E-state index contributed by atoms with van der Waals surface area (Å²) >= 11 is 0. The molecule has 0 spiro atoms. The van der Waals surface area contributed by atoms with Gasteiger partial charge in [0, 0.05) is 26.2 Å². The predicted octanol–water partition coefficient (Wildman–Crippen LogP) is 2.25. The summed E-state index contributed by atoms with van der Waals surface area (Å²) in [6.07, 6.45) is 9.81. The highest BCUT2D eigenvalue weighted by molar-refractivity contribution is 4.84. The van der Waals surface area contributed by atoms with E-state index in [1.807, 2.05) is 7.11 Å². The predicted molar refractivity (Wildman–Crippen MR) is 75.6 cm³/mol. The van der Waals surface area contributed by atoms with Gasteiger partial charge in [-0.05, 0) is 31.2 Å². The maximum absolute atomic E-state index is 6.02. The van der Waals surface area contributed by atoms with Crippen molar-refractivity contribution in [2.75, 3.05) is 33.4 Å². The van der Waals surface area contributed by atoms with Crippen molar-refractivity contribution in [3.05, 3.63) is 0 Å². The number of nitrogens with zero attached hydrogens (tertiary/aromatic N) is 1. The van der Waals surface area contributed by atoms with Crippen LogP contribution in [0.4, 0.5) is 0 Å². The Morgan fingerprint density at radius 1 is 1.17 bits per heavy atom. The summed E-state index contributed by atoms with van der Waals surface area (Å²) in [5.74, 6) is 1.67. The zero-order valence-electron chi connectivity index (χ0n) is 11.9. The van der Waals surface area contributed by atoms with Crippen LogP contribution in [0.25, 0.3) is 0 Å². The quantitative estimate of drug-likeness (QED) is 0.790. The molecule has 18 heavy (non-hydrogen) atoms. The summed E-state index contributed by atoms with van der Waals surface area (Å²) in [4.78, 5) is 2.62. The summed E-state index contributed by atoms with van der Waals surface area (Å²) in [6.45, 7) is 4.17. The third-order valence-electron chi connectivity index (χ3n) is 4.84. The summed E-state index contributed by atoms with van der Waals surface area (Å²) in [6, 6.07) is 0.620. The Morgan fingerprint density at radius 3 is 2.61 bits per heavy atom. The van der Waals surface area contributed by atoms with E-state index in [1.165, 1.54) is 58.0 Å². The first kappa shape index (κ1) is 14.3. The lowest BCUT2D eigenvalue weighted by molar-refractivity contribution is 0.140. The molecule has 2 rings (SSSR count). The molecule has 0 aromatic carbocycles. The number of hydrogen-bond donors (Lipinski definition) is 1. The van der Waals surface area contributed by atoms with Crippen LogP contribution in [0.2, 0.25) is 0 Å². The normalized spacial score (nSPS) is 28.7. The molecule has 106 valence electrons. The van der Waals surface area contributed by atoms with Crippen LogP contribution in [0, 0.1) is 11.8 Å². The monoisotopic (exact) mass is 254 g/mol. The maximum atomic E-state index is 6.02. The number of likely N-dealkylation sites (tertiary alicyclic amines) is 1. The fourth-order valence-electron chi connectivity index (χ4n) is 3.77. The number of methoxy groups -OCH3 is 1. The van der Waals surface area contributed by atoms with Crippen LogP contribution in [0.5, 0.6) is 0 Å². The van der Waals surface area contributed by atoms with E-state index in [9.17, 15) is 0 Å². The van der Waals surface area contributed by atoms with E-state index in [1.54, 1.807) is 0 Å². The molecule has 0 aromatic heterocycles. The van der Waals surface area contributed by atoms with Crippen LogP contribution >= 0.6 is 0 Å². The zero-order valence-corrected chi connectivity index (χ0v) is 11.9. The second-order valence-corrected chi connectivity index (χ2v) is 6.23. The Bertz CT molecular complexity index is 229. The summed E-state index contributed by atoms with van der Waals surface area (Å²) in [5.41, 5.74) is 6.02. The highest BCUT2D eigenvalue weighted by atomic mass is 16.5. The molecule has 1 saturated heterocycles. The molecule has 1 saturated carbocycles. The van der Waals surface area contributed by atoms with Gasteiger partial charge in [-0.25, -0.2) is 0 Å². The smallest absolute Gasteiger partial charge is 0.0503 e. The van der Waals surface area contributed by atoms with Gasteiger partial charge in [0.05, 0.1) is 6.61 Å². The van der Waals surface area contributed by atoms with E-state index in [0.29, 0.717) is 6.04 Å². The molecule has 1 aliphatic heterocycles. The van der Waals surface area contributed by atoms with Crippen LogP contribution in [0.1, 0.15) is 44.9 Å². The number of ether oxygens (including phenoxy) is 1. The van der Waals surface area contributed by atoms with Gasteiger partial charge in [-0.2, -0.15) is 0 Å². The largest absolute Gasteiger partial charge is 0.384 e. The Hall–Kier alpha value is -0.120. The lowest BCUT2D eigenvalue weighted by Crippen LogP contribution is -2.41. The molecule has 2 N–H and O–H groups in total. The van der Waals surface area contributed by atoms with Crippen LogP contribution < -0.4 is 5.73 Å². The summed E-state index contributed by atoms with van der Waals surface area (Å²) in [5, 5.41) is 0. The first-order chi connectivity index (χ1) is 8.83. The lowest BCUT2D eigenvalue weighted by atomic mass is 9.84. The van der Waals surface area contributed by atoms with Crippen molar-refractivity contribution >= 4 is 0 Å². The standard InChI is InChI=1S/C15H30N2O/c1-18-12-14-7-8-17(11-14)15(10-16)9-13-5-3-2-4-6-13/h13-15H,2-12,16H2,1H3. The van der Waals surface area contributed by atoms with E-state index in [-0.39, 0.29) is 0 Å². The third kappa shape index (κ3) is 3.94. The fraction of sp³-hybridized carbons (Fsp3) is 1.00. The van der Waals surface area contributed by atoms with E-state index in [4.69, 9.17) is 10.5 Å². The molecular weight excluding hydrogens is 224 g/mol. The lowest BCUT2D eigenvalue weighted by Gasteiger charge is -2.32. The van der Waals surface area contributed by atoms with Crippen LogP contribution in [-0.4, -0.2) is 44.3 Å². The van der Waals surface area contributed by atoms with E-state index in [0.717, 1.165) is 25.0 Å². The van der Waals surface area contributed by atoms with E-state index >= 15 is 0 Å². The molecule has 0 amide bonds. The van der Waals surface area contributed by atoms with Crippen molar-refractivity contribution in [1.29, 1.82) is 0 Å².